The fourth-order valence-corrected chi connectivity index (χ4v) is 3.35. The monoisotopic (exact) mass is 365 g/mol. The van der Waals surface area contributed by atoms with Crippen molar-refractivity contribution in [2.75, 3.05) is 14.2 Å². The third-order valence-corrected chi connectivity index (χ3v) is 4.88. The van der Waals surface area contributed by atoms with E-state index in [-0.39, 0.29) is 11.8 Å². The average Bonchev–Trinajstić information content (AvgIpc) is 2.73. The van der Waals surface area contributed by atoms with Gasteiger partial charge in [-0.1, -0.05) is 48.6 Å². The van der Waals surface area contributed by atoms with Gasteiger partial charge >= 0.3 is 0 Å². The fraction of sp³-hybridized carbons (Fsp3) is 0.348. The number of hydrogen-bond acceptors (Lipinski definition) is 3. The van der Waals surface area contributed by atoms with Crippen LogP contribution >= 0.6 is 0 Å². The molecule has 2 aromatic rings. The Morgan fingerprint density at radius 3 is 2.59 bits per heavy atom. The molecule has 1 unspecified atom stereocenters. The Hall–Kier alpha value is -2.75. The quantitative estimate of drug-likeness (QED) is 0.674. The van der Waals surface area contributed by atoms with Gasteiger partial charge in [0.1, 0.15) is 6.61 Å². The molecule has 0 spiro atoms. The molecule has 1 atom stereocenters. The molecule has 4 heteroatoms. The number of carbonyl (C=O) groups is 1. The summed E-state index contributed by atoms with van der Waals surface area (Å²) in [6.07, 6.45) is 7.05. The van der Waals surface area contributed by atoms with Crippen molar-refractivity contribution < 1.29 is 14.3 Å². The van der Waals surface area contributed by atoms with Crippen LogP contribution in [-0.2, 0) is 17.9 Å². The molecule has 0 aromatic heterocycles. The maximum absolute atomic E-state index is 12.6. The van der Waals surface area contributed by atoms with E-state index in [2.05, 4.69) is 12.2 Å². The topological polar surface area (TPSA) is 38.8 Å². The van der Waals surface area contributed by atoms with Gasteiger partial charge in [-0.15, -0.1) is 0 Å². The van der Waals surface area contributed by atoms with Crippen molar-refractivity contribution in [3.63, 3.8) is 0 Å². The van der Waals surface area contributed by atoms with Crippen molar-refractivity contribution in [1.29, 1.82) is 0 Å². The molecule has 1 aliphatic carbocycles. The van der Waals surface area contributed by atoms with E-state index in [0.717, 1.165) is 30.4 Å². The van der Waals surface area contributed by atoms with E-state index in [4.69, 9.17) is 9.47 Å². The van der Waals surface area contributed by atoms with Crippen LogP contribution in [0.2, 0.25) is 0 Å². The maximum atomic E-state index is 12.6. The Morgan fingerprint density at radius 2 is 1.89 bits per heavy atom. The SMILES string of the molecule is COc1cc(CN(C)C(=O)C2CC=CCC2)ccc1OCc1ccccc1. The summed E-state index contributed by atoms with van der Waals surface area (Å²) in [6.45, 7) is 1.05. The molecule has 0 fully saturated rings. The highest BCUT2D eigenvalue weighted by Crippen LogP contribution is 2.29. The highest BCUT2D eigenvalue weighted by molar-refractivity contribution is 5.79. The lowest BCUT2D eigenvalue weighted by Gasteiger charge is -2.24. The van der Waals surface area contributed by atoms with Gasteiger partial charge in [0.2, 0.25) is 5.91 Å². The van der Waals surface area contributed by atoms with Crippen molar-refractivity contribution >= 4 is 5.91 Å². The van der Waals surface area contributed by atoms with E-state index in [1.165, 1.54) is 0 Å². The van der Waals surface area contributed by atoms with Crippen molar-refractivity contribution in [2.45, 2.75) is 32.4 Å². The molecule has 1 aliphatic rings. The van der Waals surface area contributed by atoms with Crippen LogP contribution in [0, 0.1) is 5.92 Å². The van der Waals surface area contributed by atoms with Crippen LogP contribution < -0.4 is 9.47 Å². The summed E-state index contributed by atoms with van der Waals surface area (Å²) in [5.41, 5.74) is 2.14. The van der Waals surface area contributed by atoms with Crippen LogP contribution in [0.3, 0.4) is 0 Å². The molecule has 0 saturated heterocycles. The highest BCUT2D eigenvalue weighted by Gasteiger charge is 2.22. The van der Waals surface area contributed by atoms with Gasteiger partial charge < -0.3 is 14.4 Å². The summed E-state index contributed by atoms with van der Waals surface area (Å²) in [7, 11) is 3.50. The van der Waals surface area contributed by atoms with E-state index in [1.807, 2.05) is 60.5 Å². The molecule has 0 N–H and O–H groups in total. The van der Waals surface area contributed by atoms with Crippen molar-refractivity contribution in [3.05, 3.63) is 71.8 Å². The van der Waals surface area contributed by atoms with E-state index in [9.17, 15) is 4.79 Å². The van der Waals surface area contributed by atoms with Crippen LogP contribution in [0.1, 0.15) is 30.4 Å². The summed E-state index contributed by atoms with van der Waals surface area (Å²) >= 11 is 0. The average molecular weight is 365 g/mol. The fourth-order valence-electron chi connectivity index (χ4n) is 3.35. The van der Waals surface area contributed by atoms with Gasteiger partial charge in [0, 0.05) is 19.5 Å². The maximum Gasteiger partial charge on any atom is 0.226 e. The summed E-state index contributed by atoms with van der Waals surface area (Å²) in [5, 5.41) is 0. The van der Waals surface area contributed by atoms with Gasteiger partial charge in [-0.05, 0) is 42.5 Å². The lowest BCUT2D eigenvalue weighted by molar-refractivity contribution is -0.135. The number of allylic oxidation sites excluding steroid dienone is 2. The summed E-state index contributed by atoms with van der Waals surface area (Å²) < 4.78 is 11.4. The van der Waals surface area contributed by atoms with Gasteiger partial charge in [0.05, 0.1) is 7.11 Å². The van der Waals surface area contributed by atoms with Gasteiger partial charge in [-0.3, -0.25) is 4.79 Å². The Morgan fingerprint density at radius 1 is 1.07 bits per heavy atom. The van der Waals surface area contributed by atoms with Crippen LogP contribution in [0.4, 0.5) is 0 Å². The van der Waals surface area contributed by atoms with E-state index >= 15 is 0 Å². The number of nitrogens with zero attached hydrogens (tertiary/aromatic N) is 1. The van der Waals surface area contributed by atoms with E-state index < -0.39 is 0 Å². The molecule has 27 heavy (non-hydrogen) atoms. The zero-order valence-corrected chi connectivity index (χ0v) is 16.1. The number of benzene rings is 2. The minimum atomic E-state index is 0.107. The Balaban J connectivity index is 1.62. The zero-order chi connectivity index (χ0) is 19.1. The van der Waals surface area contributed by atoms with Crippen molar-refractivity contribution in [3.8, 4) is 11.5 Å². The van der Waals surface area contributed by atoms with Crippen molar-refractivity contribution in [1.82, 2.24) is 4.90 Å². The van der Waals surface area contributed by atoms with Gasteiger partial charge in [-0.25, -0.2) is 0 Å². The predicted octanol–water partition coefficient (Wildman–Crippen LogP) is 4.59. The second-order valence-electron chi connectivity index (χ2n) is 6.94. The number of carbonyl (C=O) groups excluding carboxylic acids is 1. The number of ether oxygens (including phenoxy) is 2. The number of amides is 1. The number of hydrogen-bond donors (Lipinski definition) is 0. The highest BCUT2D eigenvalue weighted by atomic mass is 16.5. The first-order chi connectivity index (χ1) is 13.2. The molecule has 0 aliphatic heterocycles. The molecular weight excluding hydrogens is 338 g/mol. The lowest BCUT2D eigenvalue weighted by Crippen LogP contribution is -2.32. The summed E-state index contributed by atoms with van der Waals surface area (Å²) in [4.78, 5) is 14.4. The third kappa shape index (κ3) is 5.13. The Kier molecular flexibility index (Phi) is 6.53. The molecule has 0 heterocycles. The first-order valence-electron chi connectivity index (χ1n) is 9.41. The standard InChI is InChI=1S/C23H27NO3/c1-24(23(25)20-11-7-4-8-12-20)16-19-13-14-21(22(15-19)26-2)27-17-18-9-5-3-6-10-18/h3-7,9-10,13-15,20H,8,11-12,16-17H2,1-2H3. The van der Waals surface area contributed by atoms with Crippen LogP contribution in [-0.4, -0.2) is 25.0 Å². The minimum Gasteiger partial charge on any atom is -0.493 e. The largest absolute Gasteiger partial charge is 0.493 e. The van der Waals surface area contributed by atoms with Crippen LogP contribution in [0.5, 0.6) is 11.5 Å². The van der Waals surface area contributed by atoms with Crippen LogP contribution in [0.15, 0.2) is 60.7 Å². The van der Waals surface area contributed by atoms with Crippen LogP contribution in [0.25, 0.3) is 0 Å². The molecule has 4 nitrogen and oxygen atoms in total. The summed E-state index contributed by atoms with van der Waals surface area (Å²) in [5.74, 6) is 1.71. The molecule has 3 rings (SSSR count). The Labute approximate surface area is 161 Å². The first kappa shape index (κ1) is 19.0. The van der Waals surface area contributed by atoms with E-state index in [0.29, 0.717) is 24.7 Å². The van der Waals surface area contributed by atoms with Gasteiger partial charge in [-0.2, -0.15) is 0 Å². The normalized spacial score (nSPS) is 16.0. The van der Waals surface area contributed by atoms with Crippen molar-refractivity contribution in [2.24, 2.45) is 5.92 Å². The molecule has 0 radical (unpaired) electrons. The molecular formula is C23H27NO3. The minimum absolute atomic E-state index is 0.107. The molecule has 0 saturated carbocycles. The first-order valence-corrected chi connectivity index (χ1v) is 9.41. The second kappa shape index (κ2) is 9.26. The molecule has 142 valence electrons. The number of methoxy groups -OCH3 is 1. The summed E-state index contributed by atoms with van der Waals surface area (Å²) in [6, 6.07) is 15.9. The molecule has 1 amide bonds. The predicted molar refractivity (Wildman–Crippen MR) is 107 cm³/mol. The smallest absolute Gasteiger partial charge is 0.226 e. The van der Waals surface area contributed by atoms with Gasteiger partial charge in [0.15, 0.2) is 11.5 Å². The third-order valence-electron chi connectivity index (χ3n) is 4.88. The van der Waals surface area contributed by atoms with Gasteiger partial charge in [0.25, 0.3) is 0 Å². The second-order valence-corrected chi connectivity index (χ2v) is 6.94. The lowest BCUT2D eigenvalue weighted by atomic mass is 9.93. The molecule has 2 aromatic carbocycles. The molecule has 0 bridgehead atoms. The zero-order valence-electron chi connectivity index (χ0n) is 16.1. The van der Waals surface area contributed by atoms with E-state index in [1.54, 1.807) is 7.11 Å². The number of rotatable bonds is 7. The Bertz CT molecular complexity index is 785.